The molecule has 29 heavy (non-hydrogen) atoms. The molecular weight excluding hydrogens is 405 g/mol. The summed E-state index contributed by atoms with van der Waals surface area (Å²) in [5.74, 6) is -2.47. The van der Waals surface area contributed by atoms with Crippen LogP contribution in [0.1, 0.15) is 35.7 Å². The SMILES string of the molecule is CC(C)c1ccc(NC(NC(=O)c2ccc(F)cc2)(C(F)(F)F)C(F)(F)F)cc1. The molecule has 10 heteroatoms. The molecule has 0 aliphatic heterocycles. The third-order valence-electron chi connectivity index (χ3n) is 4.17. The summed E-state index contributed by atoms with van der Waals surface area (Å²) in [6, 6.07) is 7.93. The summed E-state index contributed by atoms with van der Waals surface area (Å²) in [5, 5.41) is 2.40. The number of halogens is 7. The molecule has 0 unspecified atom stereocenters. The molecule has 2 rings (SSSR count). The van der Waals surface area contributed by atoms with Gasteiger partial charge in [0.1, 0.15) is 5.82 Å². The predicted molar refractivity (Wildman–Crippen MR) is 92.9 cm³/mol. The molecule has 0 aliphatic carbocycles. The van der Waals surface area contributed by atoms with Gasteiger partial charge in [-0.25, -0.2) is 4.39 Å². The highest BCUT2D eigenvalue weighted by Crippen LogP contribution is 2.43. The van der Waals surface area contributed by atoms with E-state index in [0.717, 1.165) is 41.7 Å². The summed E-state index contributed by atoms with van der Waals surface area (Å²) < 4.78 is 94.8. The molecule has 0 spiro atoms. The minimum Gasteiger partial charge on any atom is -0.348 e. The van der Waals surface area contributed by atoms with Crippen molar-refractivity contribution in [2.24, 2.45) is 0 Å². The Hall–Kier alpha value is -2.78. The van der Waals surface area contributed by atoms with Crippen LogP contribution in [0.5, 0.6) is 0 Å². The van der Waals surface area contributed by atoms with E-state index in [1.54, 1.807) is 13.8 Å². The van der Waals surface area contributed by atoms with E-state index in [-0.39, 0.29) is 5.92 Å². The normalized spacial score (nSPS) is 12.8. The van der Waals surface area contributed by atoms with E-state index in [1.807, 2.05) is 0 Å². The van der Waals surface area contributed by atoms with E-state index < -0.39 is 41.0 Å². The van der Waals surface area contributed by atoms with Gasteiger partial charge in [0.25, 0.3) is 5.91 Å². The van der Waals surface area contributed by atoms with E-state index in [1.165, 1.54) is 17.4 Å². The minimum atomic E-state index is -5.95. The van der Waals surface area contributed by atoms with Crippen LogP contribution in [0.25, 0.3) is 0 Å². The molecule has 3 nitrogen and oxygen atoms in total. The quantitative estimate of drug-likeness (QED) is 0.486. The highest BCUT2D eigenvalue weighted by atomic mass is 19.4. The highest BCUT2D eigenvalue weighted by molar-refractivity contribution is 5.95. The lowest BCUT2D eigenvalue weighted by Crippen LogP contribution is -2.72. The van der Waals surface area contributed by atoms with E-state index in [2.05, 4.69) is 0 Å². The summed E-state index contributed by atoms with van der Waals surface area (Å²) in [6.45, 7) is 3.61. The lowest BCUT2D eigenvalue weighted by atomic mass is 10.0. The number of hydrogen-bond acceptors (Lipinski definition) is 2. The Kier molecular flexibility index (Phi) is 6.15. The molecule has 0 radical (unpaired) electrons. The molecule has 0 aromatic heterocycles. The molecule has 2 N–H and O–H groups in total. The fourth-order valence-electron chi connectivity index (χ4n) is 2.49. The van der Waals surface area contributed by atoms with Gasteiger partial charge in [0, 0.05) is 11.3 Å². The molecule has 0 heterocycles. The molecule has 0 saturated carbocycles. The van der Waals surface area contributed by atoms with Gasteiger partial charge in [0.05, 0.1) is 0 Å². The number of rotatable bonds is 5. The number of alkyl halides is 6. The second-order valence-corrected chi connectivity index (χ2v) is 6.61. The van der Waals surface area contributed by atoms with Crippen LogP contribution >= 0.6 is 0 Å². The fourth-order valence-corrected chi connectivity index (χ4v) is 2.49. The number of carbonyl (C=O) groups is 1. The van der Waals surface area contributed by atoms with Gasteiger partial charge >= 0.3 is 18.0 Å². The van der Waals surface area contributed by atoms with Crippen molar-refractivity contribution in [2.75, 3.05) is 5.32 Å². The van der Waals surface area contributed by atoms with Gasteiger partial charge in [0.15, 0.2) is 0 Å². The van der Waals surface area contributed by atoms with Crippen molar-refractivity contribution in [3.63, 3.8) is 0 Å². The maximum Gasteiger partial charge on any atom is 0.439 e. The molecule has 0 bridgehead atoms. The first-order valence-electron chi connectivity index (χ1n) is 8.36. The number of anilines is 1. The van der Waals surface area contributed by atoms with Gasteiger partial charge in [-0.05, 0) is 47.9 Å². The Bertz CT molecular complexity index is 827. The fraction of sp³-hybridized carbons (Fsp3) is 0.316. The average Bonchev–Trinajstić information content (AvgIpc) is 2.60. The summed E-state index contributed by atoms with van der Waals surface area (Å²) >= 11 is 0. The van der Waals surface area contributed by atoms with Gasteiger partial charge in [0.2, 0.25) is 0 Å². The number of carbonyl (C=O) groups excluding carboxylic acids is 1. The van der Waals surface area contributed by atoms with Crippen molar-refractivity contribution in [1.82, 2.24) is 5.32 Å². The standard InChI is InChI=1S/C19H17F7N2O/c1-11(2)12-5-9-15(10-6-12)27-17(18(21,22)23,19(24,25)26)28-16(29)13-3-7-14(20)8-4-13/h3-11,27H,1-2H3,(H,28,29). The van der Waals surface area contributed by atoms with Crippen molar-refractivity contribution in [2.45, 2.75) is 37.8 Å². The molecule has 2 aromatic carbocycles. The second-order valence-electron chi connectivity index (χ2n) is 6.61. The van der Waals surface area contributed by atoms with Crippen molar-refractivity contribution < 1.29 is 35.5 Å². The third-order valence-corrected chi connectivity index (χ3v) is 4.17. The van der Waals surface area contributed by atoms with E-state index in [0.29, 0.717) is 5.56 Å². The smallest absolute Gasteiger partial charge is 0.348 e. The van der Waals surface area contributed by atoms with Gasteiger partial charge in [-0.2, -0.15) is 26.3 Å². The lowest BCUT2D eigenvalue weighted by molar-refractivity contribution is -0.294. The zero-order valence-electron chi connectivity index (χ0n) is 15.3. The average molecular weight is 422 g/mol. The van der Waals surface area contributed by atoms with Crippen LogP contribution in [0.3, 0.4) is 0 Å². The topological polar surface area (TPSA) is 41.1 Å². The van der Waals surface area contributed by atoms with Gasteiger partial charge < -0.3 is 10.6 Å². The second kappa shape index (κ2) is 7.92. The molecule has 0 aliphatic rings. The van der Waals surface area contributed by atoms with E-state index in [4.69, 9.17) is 0 Å². The van der Waals surface area contributed by atoms with Gasteiger partial charge in [-0.15, -0.1) is 0 Å². The lowest BCUT2D eigenvalue weighted by Gasteiger charge is -2.39. The third kappa shape index (κ3) is 4.80. The number of benzene rings is 2. The Labute approximate surface area is 161 Å². The zero-order chi connectivity index (χ0) is 22.0. The monoisotopic (exact) mass is 422 g/mol. The number of amides is 1. The largest absolute Gasteiger partial charge is 0.439 e. The summed E-state index contributed by atoms with van der Waals surface area (Å²) in [7, 11) is 0. The van der Waals surface area contributed by atoms with E-state index in [9.17, 15) is 35.5 Å². The first-order valence-corrected chi connectivity index (χ1v) is 8.36. The van der Waals surface area contributed by atoms with Crippen LogP contribution in [0.4, 0.5) is 36.4 Å². The van der Waals surface area contributed by atoms with Crippen LogP contribution < -0.4 is 10.6 Å². The number of hydrogen-bond donors (Lipinski definition) is 2. The summed E-state index contributed by atoms with van der Waals surface area (Å²) in [5.41, 5.74) is -5.12. The molecule has 0 saturated heterocycles. The molecular formula is C19H17F7N2O. The van der Waals surface area contributed by atoms with Crippen LogP contribution in [0.2, 0.25) is 0 Å². The van der Waals surface area contributed by atoms with Gasteiger partial charge in [-0.1, -0.05) is 26.0 Å². The van der Waals surface area contributed by atoms with E-state index >= 15 is 0 Å². The molecule has 1 amide bonds. The van der Waals surface area contributed by atoms with Crippen molar-refractivity contribution in [3.05, 3.63) is 65.5 Å². The van der Waals surface area contributed by atoms with Crippen LogP contribution in [0, 0.1) is 5.82 Å². The Morgan fingerprint density at radius 3 is 1.72 bits per heavy atom. The van der Waals surface area contributed by atoms with Crippen molar-refractivity contribution in [1.29, 1.82) is 0 Å². The highest BCUT2D eigenvalue weighted by Gasteiger charge is 2.72. The molecule has 2 aromatic rings. The maximum atomic E-state index is 13.6. The summed E-state index contributed by atoms with van der Waals surface area (Å²) in [6.07, 6.45) is -11.9. The Balaban J connectivity index is 2.47. The van der Waals surface area contributed by atoms with Crippen molar-refractivity contribution >= 4 is 11.6 Å². The van der Waals surface area contributed by atoms with Crippen molar-refractivity contribution in [3.8, 4) is 0 Å². The molecule has 158 valence electrons. The number of nitrogens with one attached hydrogen (secondary N) is 2. The predicted octanol–water partition coefficient (Wildman–Crippen LogP) is 5.61. The maximum absolute atomic E-state index is 13.6. The zero-order valence-corrected chi connectivity index (χ0v) is 15.3. The van der Waals surface area contributed by atoms with Crippen LogP contribution in [-0.2, 0) is 0 Å². The summed E-state index contributed by atoms with van der Waals surface area (Å²) in [4.78, 5) is 12.1. The Morgan fingerprint density at radius 1 is 0.828 bits per heavy atom. The first kappa shape index (κ1) is 22.5. The van der Waals surface area contributed by atoms with Crippen LogP contribution in [-0.4, -0.2) is 23.9 Å². The molecule has 0 fully saturated rings. The Morgan fingerprint density at radius 2 is 1.31 bits per heavy atom. The minimum absolute atomic E-state index is 0.0113. The molecule has 0 atom stereocenters. The van der Waals surface area contributed by atoms with Gasteiger partial charge in [-0.3, -0.25) is 4.79 Å². The first-order chi connectivity index (χ1) is 13.3. The van der Waals surface area contributed by atoms with Crippen LogP contribution in [0.15, 0.2) is 48.5 Å².